The summed E-state index contributed by atoms with van der Waals surface area (Å²) in [5.74, 6) is -0.703. The first-order chi connectivity index (χ1) is 6.65. The van der Waals surface area contributed by atoms with Crippen LogP contribution in [0.3, 0.4) is 0 Å². The molecule has 1 aromatic rings. The van der Waals surface area contributed by atoms with Gasteiger partial charge in [-0.3, -0.25) is 0 Å². The molecule has 0 radical (unpaired) electrons. The van der Waals surface area contributed by atoms with Crippen molar-refractivity contribution in [3.8, 4) is 0 Å². The highest BCUT2D eigenvalue weighted by molar-refractivity contribution is 5.85. The number of hydrogen-bond donors (Lipinski definition) is 1. The molecule has 1 unspecified atom stereocenters. The summed E-state index contributed by atoms with van der Waals surface area (Å²) in [6.07, 6.45) is 4.19. The molecule has 1 heterocycles. The van der Waals surface area contributed by atoms with Gasteiger partial charge in [0.2, 0.25) is 0 Å². The van der Waals surface area contributed by atoms with Crippen LogP contribution in [0, 0.1) is 0 Å². The van der Waals surface area contributed by atoms with Crippen LogP contribution in [-0.2, 0) is 0 Å². The van der Waals surface area contributed by atoms with Gasteiger partial charge in [-0.1, -0.05) is 13.0 Å². The molecule has 0 aromatic carbocycles. The van der Waals surface area contributed by atoms with E-state index in [1.807, 2.05) is 19.1 Å². The third-order valence-corrected chi connectivity index (χ3v) is 2.09. The van der Waals surface area contributed by atoms with E-state index in [-0.39, 0.29) is 11.6 Å². The highest BCUT2D eigenvalue weighted by Gasteiger charge is 2.08. The molecule has 0 bridgehead atoms. The Morgan fingerprint density at radius 1 is 1.79 bits per heavy atom. The number of aromatic carboxylic acids is 1. The summed E-state index contributed by atoms with van der Waals surface area (Å²) in [5, 5.41) is 8.74. The van der Waals surface area contributed by atoms with Crippen molar-refractivity contribution in [3.05, 3.63) is 42.2 Å². The normalized spacial score (nSPS) is 12.1. The molecule has 0 aliphatic carbocycles. The molecular weight excluding hydrogens is 178 g/mol. The topological polar surface area (TPSA) is 50.2 Å². The maximum absolute atomic E-state index is 10.7. The summed E-state index contributed by atoms with van der Waals surface area (Å²) < 4.78 is 0. The molecule has 0 spiro atoms. The van der Waals surface area contributed by atoms with Crippen LogP contribution in [0.25, 0.3) is 0 Å². The van der Waals surface area contributed by atoms with E-state index in [9.17, 15) is 4.79 Å². The molecule has 1 aromatic heterocycles. The molecule has 3 heteroatoms. The van der Waals surface area contributed by atoms with Crippen molar-refractivity contribution in [2.45, 2.75) is 19.3 Å². The number of aromatic nitrogens is 1. The Labute approximate surface area is 83.1 Å². The molecule has 0 saturated carbocycles. The molecule has 0 amide bonds. The summed E-state index contributed by atoms with van der Waals surface area (Å²) in [6, 6.07) is 3.44. The molecule has 1 atom stereocenters. The van der Waals surface area contributed by atoms with Gasteiger partial charge in [0.1, 0.15) is 5.69 Å². The monoisotopic (exact) mass is 191 g/mol. The SMILES string of the molecule is C=CCC(C)c1ccnc(C(=O)O)c1. The van der Waals surface area contributed by atoms with Gasteiger partial charge in [0, 0.05) is 6.20 Å². The minimum Gasteiger partial charge on any atom is -0.477 e. The van der Waals surface area contributed by atoms with Crippen molar-refractivity contribution in [2.24, 2.45) is 0 Å². The second-order valence-electron chi connectivity index (χ2n) is 3.20. The summed E-state index contributed by atoms with van der Waals surface area (Å²) >= 11 is 0. The number of rotatable bonds is 4. The lowest BCUT2D eigenvalue weighted by molar-refractivity contribution is 0.0690. The summed E-state index contributed by atoms with van der Waals surface area (Å²) in [4.78, 5) is 14.4. The molecular formula is C11H13NO2. The van der Waals surface area contributed by atoms with Crippen LogP contribution < -0.4 is 0 Å². The summed E-state index contributed by atoms with van der Waals surface area (Å²) in [7, 11) is 0. The first-order valence-electron chi connectivity index (χ1n) is 4.45. The maximum atomic E-state index is 10.7. The lowest BCUT2D eigenvalue weighted by Gasteiger charge is -2.08. The van der Waals surface area contributed by atoms with Gasteiger partial charge >= 0.3 is 5.97 Å². The van der Waals surface area contributed by atoms with Crippen LogP contribution in [0.1, 0.15) is 35.3 Å². The highest BCUT2D eigenvalue weighted by Crippen LogP contribution is 2.19. The number of carbonyl (C=O) groups is 1. The number of carboxylic acid groups (broad SMARTS) is 1. The highest BCUT2D eigenvalue weighted by atomic mass is 16.4. The minimum absolute atomic E-state index is 0.0958. The van der Waals surface area contributed by atoms with Gasteiger partial charge in [0.15, 0.2) is 0 Å². The van der Waals surface area contributed by atoms with E-state index in [0.29, 0.717) is 0 Å². The molecule has 0 aliphatic heterocycles. The van der Waals surface area contributed by atoms with E-state index >= 15 is 0 Å². The average Bonchev–Trinajstić information content (AvgIpc) is 2.18. The lowest BCUT2D eigenvalue weighted by Crippen LogP contribution is -2.02. The van der Waals surface area contributed by atoms with Gasteiger partial charge in [-0.15, -0.1) is 6.58 Å². The van der Waals surface area contributed by atoms with Crippen LogP contribution >= 0.6 is 0 Å². The Morgan fingerprint density at radius 2 is 2.50 bits per heavy atom. The number of pyridine rings is 1. The van der Waals surface area contributed by atoms with Gasteiger partial charge in [0.25, 0.3) is 0 Å². The van der Waals surface area contributed by atoms with E-state index in [1.165, 1.54) is 6.20 Å². The first-order valence-corrected chi connectivity index (χ1v) is 4.45. The quantitative estimate of drug-likeness (QED) is 0.744. The van der Waals surface area contributed by atoms with E-state index in [2.05, 4.69) is 11.6 Å². The first kappa shape index (κ1) is 10.4. The van der Waals surface area contributed by atoms with Crippen LogP contribution in [0.4, 0.5) is 0 Å². The van der Waals surface area contributed by atoms with Crippen molar-refractivity contribution in [1.82, 2.24) is 4.98 Å². The average molecular weight is 191 g/mol. The molecule has 74 valence electrons. The fraction of sp³-hybridized carbons (Fsp3) is 0.273. The summed E-state index contributed by atoms with van der Waals surface area (Å²) in [6.45, 7) is 5.68. The molecule has 1 N–H and O–H groups in total. The Kier molecular flexibility index (Phi) is 3.40. The van der Waals surface area contributed by atoms with Gasteiger partial charge in [-0.25, -0.2) is 9.78 Å². The second-order valence-corrected chi connectivity index (χ2v) is 3.20. The van der Waals surface area contributed by atoms with Crippen molar-refractivity contribution in [3.63, 3.8) is 0 Å². The predicted molar refractivity (Wildman–Crippen MR) is 54.4 cm³/mol. The molecule has 3 nitrogen and oxygen atoms in total. The molecule has 1 rings (SSSR count). The van der Waals surface area contributed by atoms with Gasteiger partial charge in [-0.2, -0.15) is 0 Å². The van der Waals surface area contributed by atoms with E-state index in [1.54, 1.807) is 6.07 Å². The molecule has 14 heavy (non-hydrogen) atoms. The van der Waals surface area contributed by atoms with Crippen LogP contribution in [0.5, 0.6) is 0 Å². The smallest absolute Gasteiger partial charge is 0.354 e. The number of allylic oxidation sites excluding steroid dienone is 1. The third kappa shape index (κ3) is 2.42. The van der Waals surface area contributed by atoms with Crippen molar-refractivity contribution < 1.29 is 9.90 Å². The van der Waals surface area contributed by atoms with Crippen LogP contribution in [0.2, 0.25) is 0 Å². The van der Waals surface area contributed by atoms with E-state index < -0.39 is 5.97 Å². The standard InChI is InChI=1S/C11H13NO2/c1-3-4-8(2)9-5-6-12-10(7-9)11(13)14/h3,5-8H,1,4H2,2H3,(H,13,14). The van der Waals surface area contributed by atoms with Crippen molar-refractivity contribution in [1.29, 1.82) is 0 Å². The Hall–Kier alpha value is -1.64. The fourth-order valence-electron chi connectivity index (χ4n) is 1.26. The molecule has 0 saturated heterocycles. The molecule has 0 aliphatic rings. The Balaban J connectivity index is 2.93. The Morgan fingerprint density at radius 3 is 3.07 bits per heavy atom. The predicted octanol–water partition coefficient (Wildman–Crippen LogP) is 2.46. The molecule has 0 fully saturated rings. The zero-order valence-corrected chi connectivity index (χ0v) is 8.10. The van der Waals surface area contributed by atoms with Crippen LogP contribution in [0.15, 0.2) is 31.0 Å². The van der Waals surface area contributed by atoms with E-state index in [0.717, 1.165) is 12.0 Å². The number of nitrogens with zero attached hydrogens (tertiary/aromatic N) is 1. The zero-order chi connectivity index (χ0) is 10.6. The largest absolute Gasteiger partial charge is 0.477 e. The van der Waals surface area contributed by atoms with Crippen LogP contribution in [-0.4, -0.2) is 16.1 Å². The zero-order valence-electron chi connectivity index (χ0n) is 8.10. The van der Waals surface area contributed by atoms with Gasteiger partial charge in [0.05, 0.1) is 0 Å². The second kappa shape index (κ2) is 4.56. The maximum Gasteiger partial charge on any atom is 0.354 e. The Bertz CT molecular complexity index is 347. The van der Waals surface area contributed by atoms with Crippen molar-refractivity contribution >= 4 is 5.97 Å². The van der Waals surface area contributed by atoms with Crippen molar-refractivity contribution in [2.75, 3.05) is 0 Å². The fourth-order valence-corrected chi connectivity index (χ4v) is 1.26. The summed E-state index contributed by atoms with van der Waals surface area (Å²) in [5.41, 5.74) is 1.08. The van der Waals surface area contributed by atoms with E-state index in [4.69, 9.17) is 5.11 Å². The van der Waals surface area contributed by atoms with Gasteiger partial charge < -0.3 is 5.11 Å². The minimum atomic E-state index is -0.988. The number of carboxylic acids is 1. The van der Waals surface area contributed by atoms with Gasteiger partial charge in [-0.05, 0) is 30.0 Å². The number of hydrogen-bond acceptors (Lipinski definition) is 2. The third-order valence-electron chi connectivity index (χ3n) is 2.09. The lowest BCUT2D eigenvalue weighted by atomic mass is 9.98.